The van der Waals surface area contributed by atoms with Gasteiger partial charge in [-0.25, -0.2) is 0 Å². The fourth-order valence-electron chi connectivity index (χ4n) is 1.04. The molecule has 16 heavy (non-hydrogen) atoms. The number of hydrogen-bond donors (Lipinski definition) is 3. The molecule has 1 heterocycles. The molecule has 0 amide bonds. The Kier molecular flexibility index (Phi) is 4.94. The molecule has 90 valence electrons. The molecule has 6 heteroatoms. The van der Waals surface area contributed by atoms with Crippen molar-refractivity contribution in [3.63, 3.8) is 0 Å². The first-order chi connectivity index (χ1) is 7.63. The predicted octanol–water partition coefficient (Wildman–Crippen LogP) is -0.00470. The average Bonchev–Trinajstić information content (AvgIpc) is 2.26. The zero-order chi connectivity index (χ0) is 12.0. The SMILES string of the molecule is CCOc1cncc(NCC(N)C(C)O)n1. The Morgan fingerprint density at radius 3 is 2.94 bits per heavy atom. The summed E-state index contributed by atoms with van der Waals surface area (Å²) in [5.41, 5.74) is 5.67. The third-order valence-electron chi connectivity index (χ3n) is 2.04. The van der Waals surface area contributed by atoms with Crippen LogP contribution in [0.3, 0.4) is 0 Å². The highest BCUT2D eigenvalue weighted by atomic mass is 16.5. The number of hydrogen-bond acceptors (Lipinski definition) is 6. The molecule has 0 fully saturated rings. The quantitative estimate of drug-likeness (QED) is 0.632. The summed E-state index contributed by atoms with van der Waals surface area (Å²) in [5.74, 6) is 1.06. The van der Waals surface area contributed by atoms with Crippen LogP contribution in [-0.4, -0.2) is 40.4 Å². The molecule has 2 atom stereocenters. The summed E-state index contributed by atoms with van der Waals surface area (Å²) in [6, 6.07) is -0.336. The van der Waals surface area contributed by atoms with Crippen molar-refractivity contribution in [2.45, 2.75) is 26.0 Å². The molecule has 0 radical (unpaired) electrons. The van der Waals surface area contributed by atoms with Gasteiger partial charge in [0.15, 0.2) is 0 Å². The normalized spacial score (nSPS) is 14.2. The second-order valence-electron chi connectivity index (χ2n) is 3.46. The predicted molar refractivity (Wildman–Crippen MR) is 61.3 cm³/mol. The van der Waals surface area contributed by atoms with Crippen LogP contribution < -0.4 is 15.8 Å². The lowest BCUT2D eigenvalue weighted by molar-refractivity contribution is 0.168. The van der Waals surface area contributed by atoms with Crippen molar-refractivity contribution >= 4 is 5.82 Å². The topological polar surface area (TPSA) is 93.3 Å². The van der Waals surface area contributed by atoms with Gasteiger partial charge in [0.05, 0.1) is 25.1 Å². The van der Waals surface area contributed by atoms with Gasteiger partial charge in [-0.05, 0) is 13.8 Å². The largest absolute Gasteiger partial charge is 0.477 e. The molecule has 0 aliphatic carbocycles. The van der Waals surface area contributed by atoms with Crippen molar-refractivity contribution in [3.05, 3.63) is 12.4 Å². The van der Waals surface area contributed by atoms with Crippen molar-refractivity contribution in [2.24, 2.45) is 5.73 Å². The van der Waals surface area contributed by atoms with Crippen LogP contribution in [0, 0.1) is 0 Å². The zero-order valence-corrected chi connectivity index (χ0v) is 9.55. The number of nitrogens with one attached hydrogen (secondary N) is 1. The Balaban J connectivity index is 2.50. The van der Waals surface area contributed by atoms with Gasteiger partial charge in [-0.1, -0.05) is 0 Å². The lowest BCUT2D eigenvalue weighted by atomic mass is 10.2. The number of rotatable bonds is 6. The van der Waals surface area contributed by atoms with Crippen LogP contribution in [0.1, 0.15) is 13.8 Å². The minimum absolute atomic E-state index is 0.336. The van der Waals surface area contributed by atoms with Gasteiger partial charge in [-0.2, -0.15) is 4.98 Å². The van der Waals surface area contributed by atoms with E-state index in [0.717, 1.165) is 0 Å². The van der Waals surface area contributed by atoms with Gasteiger partial charge in [0.25, 0.3) is 0 Å². The molecule has 2 unspecified atom stereocenters. The number of aliphatic hydroxyl groups is 1. The molecule has 1 aromatic heterocycles. The van der Waals surface area contributed by atoms with Crippen LogP contribution in [0.2, 0.25) is 0 Å². The Labute approximate surface area is 94.9 Å². The maximum absolute atomic E-state index is 9.21. The molecule has 1 rings (SSSR count). The van der Waals surface area contributed by atoms with E-state index in [1.807, 2.05) is 6.92 Å². The van der Waals surface area contributed by atoms with Crippen LogP contribution in [0.25, 0.3) is 0 Å². The van der Waals surface area contributed by atoms with Crippen LogP contribution >= 0.6 is 0 Å². The van der Waals surface area contributed by atoms with Crippen molar-refractivity contribution in [3.8, 4) is 5.88 Å². The molecule has 1 aromatic rings. The Morgan fingerprint density at radius 2 is 2.31 bits per heavy atom. The van der Waals surface area contributed by atoms with Crippen molar-refractivity contribution in [1.82, 2.24) is 9.97 Å². The summed E-state index contributed by atoms with van der Waals surface area (Å²) in [4.78, 5) is 8.13. The highest BCUT2D eigenvalue weighted by Crippen LogP contribution is 2.08. The van der Waals surface area contributed by atoms with E-state index in [9.17, 15) is 5.11 Å². The zero-order valence-electron chi connectivity index (χ0n) is 9.55. The Bertz CT molecular complexity index is 319. The second kappa shape index (κ2) is 6.24. The smallest absolute Gasteiger partial charge is 0.234 e. The van der Waals surface area contributed by atoms with E-state index < -0.39 is 6.10 Å². The van der Waals surface area contributed by atoms with Gasteiger partial charge >= 0.3 is 0 Å². The van der Waals surface area contributed by atoms with Gasteiger partial charge in [-0.15, -0.1) is 0 Å². The van der Waals surface area contributed by atoms with Gasteiger partial charge in [-0.3, -0.25) is 4.98 Å². The summed E-state index contributed by atoms with van der Waals surface area (Å²) in [6.07, 6.45) is 2.57. The maximum Gasteiger partial charge on any atom is 0.234 e. The number of nitrogens with two attached hydrogens (primary N) is 1. The molecule has 0 aliphatic heterocycles. The van der Waals surface area contributed by atoms with Gasteiger partial charge < -0.3 is 20.9 Å². The third-order valence-corrected chi connectivity index (χ3v) is 2.04. The summed E-state index contributed by atoms with van der Waals surface area (Å²) in [5, 5.41) is 12.2. The van der Waals surface area contributed by atoms with E-state index in [1.54, 1.807) is 19.3 Å². The number of ether oxygens (including phenoxy) is 1. The number of aliphatic hydroxyl groups excluding tert-OH is 1. The van der Waals surface area contributed by atoms with Crippen molar-refractivity contribution < 1.29 is 9.84 Å². The van der Waals surface area contributed by atoms with Crippen LogP contribution in [0.15, 0.2) is 12.4 Å². The van der Waals surface area contributed by atoms with Gasteiger partial charge in [0.1, 0.15) is 5.82 Å². The highest BCUT2D eigenvalue weighted by Gasteiger charge is 2.09. The third kappa shape index (κ3) is 4.00. The minimum Gasteiger partial charge on any atom is -0.477 e. The van der Waals surface area contributed by atoms with E-state index in [1.165, 1.54) is 0 Å². The fourth-order valence-corrected chi connectivity index (χ4v) is 1.04. The first kappa shape index (κ1) is 12.7. The maximum atomic E-state index is 9.21. The van der Waals surface area contributed by atoms with Gasteiger partial charge in [0, 0.05) is 12.6 Å². The monoisotopic (exact) mass is 226 g/mol. The van der Waals surface area contributed by atoms with Crippen LogP contribution in [0.4, 0.5) is 5.82 Å². The fraction of sp³-hybridized carbons (Fsp3) is 0.600. The molecule has 0 bridgehead atoms. The van der Waals surface area contributed by atoms with Gasteiger partial charge in [0.2, 0.25) is 5.88 Å². The van der Waals surface area contributed by atoms with E-state index in [4.69, 9.17) is 10.5 Å². The molecule has 0 aliphatic rings. The standard InChI is InChI=1S/C10H18N4O2/c1-3-16-10-6-12-5-9(14-10)13-4-8(11)7(2)15/h5-8,15H,3-4,11H2,1-2H3,(H,13,14). The Hall–Kier alpha value is -1.40. The minimum atomic E-state index is -0.560. The average molecular weight is 226 g/mol. The highest BCUT2D eigenvalue weighted by molar-refractivity contribution is 5.33. The summed E-state index contributed by atoms with van der Waals surface area (Å²) in [6.45, 7) is 4.51. The van der Waals surface area contributed by atoms with Crippen LogP contribution in [0.5, 0.6) is 5.88 Å². The van der Waals surface area contributed by atoms with Crippen LogP contribution in [-0.2, 0) is 0 Å². The van der Waals surface area contributed by atoms with Crippen molar-refractivity contribution in [1.29, 1.82) is 0 Å². The molecule has 0 aromatic carbocycles. The number of aromatic nitrogens is 2. The Morgan fingerprint density at radius 1 is 1.56 bits per heavy atom. The second-order valence-corrected chi connectivity index (χ2v) is 3.46. The lowest BCUT2D eigenvalue weighted by Gasteiger charge is -2.15. The molecular weight excluding hydrogens is 208 g/mol. The summed E-state index contributed by atoms with van der Waals surface area (Å²) >= 11 is 0. The summed E-state index contributed by atoms with van der Waals surface area (Å²) in [7, 11) is 0. The van der Waals surface area contributed by atoms with Crippen molar-refractivity contribution in [2.75, 3.05) is 18.5 Å². The van der Waals surface area contributed by atoms with E-state index in [2.05, 4.69) is 15.3 Å². The lowest BCUT2D eigenvalue weighted by Crippen LogP contribution is -2.38. The van der Waals surface area contributed by atoms with E-state index in [0.29, 0.717) is 24.8 Å². The molecule has 0 saturated heterocycles. The van der Waals surface area contributed by atoms with E-state index in [-0.39, 0.29) is 6.04 Å². The first-order valence-electron chi connectivity index (χ1n) is 5.25. The summed E-state index contributed by atoms with van der Waals surface area (Å²) < 4.78 is 5.21. The molecule has 4 N–H and O–H groups in total. The molecule has 0 spiro atoms. The number of nitrogens with zero attached hydrogens (tertiary/aromatic N) is 2. The first-order valence-corrected chi connectivity index (χ1v) is 5.25. The molecular formula is C10H18N4O2. The van der Waals surface area contributed by atoms with E-state index >= 15 is 0 Å². The molecule has 0 saturated carbocycles. The number of anilines is 1. The molecule has 6 nitrogen and oxygen atoms in total.